The van der Waals surface area contributed by atoms with Gasteiger partial charge in [0.05, 0.1) is 0 Å². The molecule has 6 heteroatoms. The third-order valence-electron chi connectivity index (χ3n) is 2.41. The van der Waals surface area contributed by atoms with Crippen molar-refractivity contribution in [1.29, 1.82) is 0 Å². The fraction of sp³-hybridized carbons (Fsp3) is 0.0769. The van der Waals surface area contributed by atoms with Crippen LogP contribution in [0, 0.1) is 5.82 Å². The Bertz CT molecular complexity index is 603. The maximum absolute atomic E-state index is 12.7. The number of nitrogens with one attached hydrogen (secondary N) is 1. The molecule has 1 aromatic heterocycles. The van der Waals surface area contributed by atoms with Crippen LogP contribution in [-0.2, 0) is 6.54 Å². The van der Waals surface area contributed by atoms with Gasteiger partial charge in [-0.2, -0.15) is 0 Å². The summed E-state index contributed by atoms with van der Waals surface area (Å²) in [5.41, 5.74) is 0.722. The van der Waals surface area contributed by atoms with Gasteiger partial charge < -0.3 is 14.8 Å². The van der Waals surface area contributed by atoms with Crippen molar-refractivity contribution in [1.82, 2.24) is 5.32 Å². The molecular weight excluding hydrogens is 253 g/mol. The van der Waals surface area contributed by atoms with E-state index in [0.29, 0.717) is 0 Å². The molecule has 0 aliphatic heterocycles. The Hall–Kier alpha value is -2.63. The molecule has 2 N–H and O–H groups in total. The Labute approximate surface area is 107 Å². The lowest BCUT2D eigenvalue weighted by Crippen LogP contribution is -2.22. The van der Waals surface area contributed by atoms with Gasteiger partial charge >= 0.3 is 5.97 Å². The molecule has 2 rings (SSSR count). The number of carboxylic acid groups (broad SMARTS) is 1. The second-order valence-electron chi connectivity index (χ2n) is 3.78. The number of hydrogen-bond acceptors (Lipinski definition) is 3. The van der Waals surface area contributed by atoms with E-state index in [2.05, 4.69) is 5.32 Å². The van der Waals surface area contributed by atoms with Gasteiger partial charge in [-0.15, -0.1) is 0 Å². The van der Waals surface area contributed by atoms with Crippen LogP contribution in [0.2, 0.25) is 0 Å². The lowest BCUT2D eigenvalue weighted by Gasteiger charge is -2.03. The Balaban J connectivity index is 1.97. The summed E-state index contributed by atoms with van der Waals surface area (Å²) >= 11 is 0. The van der Waals surface area contributed by atoms with Crippen LogP contribution in [0.1, 0.15) is 26.7 Å². The topological polar surface area (TPSA) is 79.5 Å². The van der Waals surface area contributed by atoms with Gasteiger partial charge in [-0.3, -0.25) is 4.79 Å². The number of furan rings is 1. The average Bonchev–Trinajstić information content (AvgIpc) is 2.87. The van der Waals surface area contributed by atoms with E-state index in [9.17, 15) is 14.0 Å². The number of carbonyl (C=O) groups excluding carboxylic acids is 1. The van der Waals surface area contributed by atoms with Crippen molar-refractivity contribution in [3.63, 3.8) is 0 Å². The summed E-state index contributed by atoms with van der Waals surface area (Å²) in [6.07, 6.45) is 0. The van der Waals surface area contributed by atoms with Gasteiger partial charge in [0, 0.05) is 6.54 Å². The number of amides is 1. The van der Waals surface area contributed by atoms with Crippen molar-refractivity contribution >= 4 is 11.9 Å². The zero-order valence-corrected chi connectivity index (χ0v) is 9.72. The molecule has 19 heavy (non-hydrogen) atoms. The van der Waals surface area contributed by atoms with Crippen LogP contribution in [0.4, 0.5) is 4.39 Å². The minimum atomic E-state index is -1.24. The van der Waals surface area contributed by atoms with Crippen LogP contribution in [0.25, 0.3) is 0 Å². The van der Waals surface area contributed by atoms with E-state index in [0.717, 1.165) is 5.56 Å². The van der Waals surface area contributed by atoms with Gasteiger partial charge in [0.25, 0.3) is 5.91 Å². The van der Waals surface area contributed by atoms with Gasteiger partial charge in [0.15, 0.2) is 5.76 Å². The highest BCUT2D eigenvalue weighted by atomic mass is 19.1. The summed E-state index contributed by atoms with van der Waals surface area (Å²) < 4.78 is 17.5. The van der Waals surface area contributed by atoms with E-state index in [-0.39, 0.29) is 23.9 Å². The number of rotatable bonds is 4. The number of aromatic carboxylic acids is 1. The fourth-order valence-corrected chi connectivity index (χ4v) is 1.45. The fourth-order valence-electron chi connectivity index (χ4n) is 1.45. The van der Waals surface area contributed by atoms with Crippen molar-refractivity contribution in [3.8, 4) is 0 Å². The van der Waals surface area contributed by atoms with E-state index in [4.69, 9.17) is 9.52 Å². The summed E-state index contributed by atoms with van der Waals surface area (Å²) in [4.78, 5) is 22.2. The van der Waals surface area contributed by atoms with E-state index in [1.807, 2.05) is 0 Å². The van der Waals surface area contributed by atoms with Gasteiger partial charge in [0.2, 0.25) is 5.76 Å². The highest BCUT2D eigenvalue weighted by Crippen LogP contribution is 2.08. The highest BCUT2D eigenvalue weighted by molar-refractivity contribution is 5.93. The second kappa shape index (κ2) is 5.34. The zero-order chi connectivity index (χ0) is 13.8. The Morgan fingerprint density at radius 1 is 1.11 bits per heavy atom. The first kappa shape index (κ1) is 12.8. The number of benzene rings is 1. The molecule has 98 valence electrons. The first-order valence-electron chi connectivity index (χ1n) is 5.42. The van der Waals surface area contributed by atoms with Crippen LogP contribution >= 0.6 is 0 Å². The maximum Gasteiger partial charge on any atom is 0.371 e. The van der Waals surface area contributed by atoms with Crippen LogP contribution in [0.15, 0.2) is 40.8 Å². The van der Waals surface area contributed by atoms with Crippen molar-refractivity contribution < 1.29 is 23.5 Å². The first-order chi connectivity index (χ1) is 9.06. The quantitative estimate of drug-likeness (QED) is 0.884. The molecule has 0 spiro atoms. The monoisotopic (exact) mass is 263 g/mol. The lowest BCUT2D eigenvalue weighted by molar-refractivity contribution is 0.0659. The predicted molar refractivity (Wildman–Crippen MR) is 63.2 cm³/mol. The van der Waals surface area contributed by atoms with Crippen molar-refractivity contribution in [3.05, 3.63) is 59.3 Å². The van der Waals surface area contributed by atoms with E-state index < -0.39 is 11.9 Å². The molecule has 0 unspecified atom stereocenters. The zero-order valence-electron chi connectivity index (χ0n) is 9.72. The molecule has 0 radical (unpaired) electrons. The predicted octanol–water partition coefficient (Wildman–Crippen LogP) is 2.05. The van der Waals surface area contributed by atoms with E-state index >= 15 is 0 Å². The molecule has 2 aromatic rings. The van der Waals surface area contributed by atoms with Crippen LogP contribution in [0.5, 0.6) is 0 Å². The van der Waals surface area contributed by atoms with Crippen molar-refractivity contribution in [2.45, 2.75) is 6.54 Å². The Kier molecular flexibility index (Phi) is 3.61. The number of halogens is 1. The molecule has 1 amide bonds. The smallest absolute Gasteiger partial charge is 0.371 e. The van der Waals surface area contributed by atoms with Crippen molar-refractivity contribution in [2.24, 2.45) is 0 Å². The molecule has 0 saturated carbocycles. The second-order valence-corrected chi connectivity index (χ2v) is 3.78. The van der Waals surface area contributed by atoms with Gasteiger partial charge in [0.1, 0.15) is 5.82 Å². The third-order valence-corrected chi connectivity index (χ3v) is 2.41. The van der Waals surface area contributed by atoms with Gasteiger partial charge in [-0.05, 0) is 29.8 Å². The van der Waals surface area contributed by atoms with Crippen LogP contribution < -0.4 is 5.32 Å². The largest absolute Gasteiger partial charge is 0.475 e. The molecule has 1 aromatic carbocycles. The van der Waals surface area contributed by atoms with E-state index in [1.165, 1.54) is 24.3 Å². The molecule has 0 fully saturated rings. The van der Waals surface area contributed by atoms with Crippen molar-refractivity contribution in [2.75, 3.05) is 0 Å². The van der Waals surface area contributed by atoms with Gasteiger partial charge in [-0.25, -0.2) is 9.18 Å². The number of carbonyl (C=O) groups is 2. The molecule has 0 bridgehead atoms. The Morgan fingerprint density at radius 2 is 1.74 bits per heavy atom. The third kappa shape index (κ3) is 3.19. The minimum absolute atomic E-state index is 0.0838. The minimum Gasteiger partial charge on any atom is -0.475 e. The molecule has 0 aliphatic carbocycles. The summed E-state index contributed by atoms with van der Waals surface area (Å²) in [5.74, 6) is -2.51. The lowest BCUT2D eigenvalue weighted by atomic mass is 10.2. The van der Waals surface area contributed by atoms with Gasteiger partial charge in [-0.1, -0.05) is 12.1 Å². The maximum atomic E-state index is 12.7. The molecule has 0 atom stereocenters. The highest BCUT2D eigenvalue weighted by Gasteiger charge is 2.14. The molecule has 0 aliphatic rings. The molecule has 0 saturated heterocycles. The molecule has 5 nitrogen and oxygen atoms in total. The number of carboxylic acids is 1. The summed E-state index contributed by atoms with van der Waals surface area (Å²) in [6.45, 7) is 0.197. The summed E-state index contributed by atoms with van der Waals surface area (Å²) in [7, 11) is 0. The number of hydrogen-bond donors (Lipinski definition) is 2. The Morgan fingerprint density at radius 3 is 2.32 bits per heavy atom. The normalized spacial score (nSPS) is 10.2. The van der Waals surface area contributed by atoms with Crippen LogP contribution in [0.3, 0.4) is 0 Å². The first-order valence-corrected chi connectivity index (χ1v) is 5.42. The average molecular weight is 263 g/mol. The standard InChI is InChI=1S/C13H10FNO4/c14-9-3-1-8(2-4-9)7-15-12(16)10-5-6-11(19-10)13(17)18/h1-6H,7H2,(H,15,16)(H,17,18). The molecule has 1 heterocycles. The summed E-state index contributed by atoms with van der Waals surface area (Å²) in [5, 5.41) is 11.2. The molecular formula is C13H10FNO4. The van der Waals surface area contributed by atoms with Crippen LogP contribution in [-0.4, -0.2) is 17.0 Å². The van der Waals surface area contributed by atoms with E-state index in [1.54, 1.807) is 12.1 Å². The SMILES string of the molecule is O=C(O)c1ccc(C(=O)NCc2ccc(F)cc2)o1. The summed E-state index contributed by atoms with van der Waals surface area (Å²) in [6, 6.07) is 8.15.